The summed E-state index contributed by atoms with van der Waals surface area (Å²) >= 11 is 0. The summed E-state index contributed by atoms with van der Waals surface area (Å²) in [6, 6.07) is 6.81. The molecule has 0 radical (unpaired) electrons. The van der Waals surface area contributed by atoms with Crippen molar-refractivity contribution < 1.29 is 9.84 Å². The number of hydrogen-bond donors (Lipinski definition) is 2. The summed E-state index contributed by atoms with van der Waals surface area (Å²) in [5, 5.41) is 13.7. The van der Waals surface area contributed by atoms with Crippen LogP contribution in [0.1, 0.15) is 42.9 Å². The Kier molecular flexibility index (Phi) is 2.78. The van der Waals surface area contributed by atoms with E-state index in [1.54, 1.807) is 6.07 Å². The fourth-order valence-corrected chi connectivity index (χ4v) is 3.75. The number of aromatic hydroxyl groups is 1. The number of rotatable bonds is 3. The smallest absolute Gasteiger partial charge is 0.119 e. The first kappa shape index (κ1) is 11.7. The molecular formula is C16H21NO2. The van der Waals surface area contributed by atoms with Crippen LogP contribution in [-0.4, -0.2) is 23.9 Å². The Balaban J connectivity index is 1.51. The molecule has 1 aromatic carbocycles. The van der Waals surface area contributed by atoms with Crippen molar-refractivity contribution in [2.24, 2.45) is 5.92 Å². The van der Waals surface area contributed by atoms with Crippen LogP contribution in [0.3, 0.4) is 0 Å². The van der Waals surface area contributed by atoms with Gasteiger partial charge in [0.05, 0.1) is 6.10 Å². The molecule has 3 nitrogen and oxygen atoms in total. The van der Waals surface area contributed by atoms with E-state index < -0.39 is 0 Å². The first-order valence-electron chi connectivity index (χ1n) is 7.51. The summed E-state index contributed by atoms with van der Waals surface area (Å²) < 4.78 is 5.90. The maximum absolute atomic E-state index is 9.91. The third-order valence-corrected chi connectivity index (χ3v) is 4.88. The third-order valence-electron chi connectivity index (χ3n) is 4.88. The second-order valence-corrected chi connectivity index (χ2v) is 6.17. The molecule has 1 aliphatic heterocycles. The lowest BCUT2D eigenvalue weighted by Crippen LogP contribution is -2.39. The van der Waals surface area contributed by atoms with E-state index in [1.165, 1.54) is 18.4 Å². The minimum absolute atomic E-state index is 0.398. The molecule has 3 heteroatoms. The van der Waals surface area contributed by atoms with Gasteiger partial charge in [0.25, 0.3) is 0 Å². The molecule has 1 aromatic rings. The maximum atomic E-state index is 9.91. The Morgan fingerprint density at radius 3 is 2.89 bits per heavy atom. The van der Waals surface area contributed by atoms with Crippen LogP contribution in [0, 0.1) is 5.92 Å². The predicted octanol–water partition coefficient (Wildman–Crippen LogP) is 2.54. The second-order valence-electron chi connectivity index (χ2n) is 6.17. The molecule has 1 saturated carbocycles. The van der Waals surface area contributed by atoms with Gasteiger partial charge < -0.3 is 15.2 Å². The topological polar surface area (TPSA) is 41.5 Å². The second kappa shape index (κ2) is 4.50. The van der Waals surface area contributed by atoms with Gasteiger partial charge in [0.1, 0.15) is 5.75 Å². The van der Waals surface area contributed by atoms with Gasteiger partial charge in [-0.2, -0.15) is 0 Å². The van der Waals surface area contributed by atoms with Crippen LogP contribution in [-0.2, 0) is 11.2 Å². The molecule has 0 bridgehead atoms. The summed E-state index contributed by atoms with van der Waals surface area (Å²) in [5.74, 6) is 1.26. The first-order chi connectivity index (χ1) is 9.33. The molecule has 0 spiro atoms. The zero-order chi connectivity index (χ0) is 12.8. The Labute approximate surface area is 114 Å². The minimum atomic E-state index is 0.398. The number of nitrogens with one attached hydrogen (secondary N) is 1. The fourth-order valence-electron chi connectivity index (χ4n) is 3.75. The van der Waals surface area contributed by atoms with Crippen LogP contribution >= 0.6 is 0 Å². The monoisotopic (exact) mass is 259 g/mol. The Bertz CT molecular complexity index is 484. The van der Waals surface area contributed by atoms with Crippen molar-refractivity contribution in [3.8, 4) is 5.75 Å². The van der Waals surface area contributed by atoms with Gasteiger partial charge in [0, 0.05) is 18.7 Å². The van der Waals surface area contributed by atoms with E-state index in [1.807, 2.05) is 6.07 Å². The largest absolute Gasteiger partial charge is 0.508 e. The lowest BCUT2D eigenvalue weighted by Gasteiger charge is -2.24. The number of phenolic OH excluding ortho intramolecular Hbond substituents is 1. The van der Waals surface area contributed by atoms with Gasteiger partial charge in [-0.15, -0.1) is 0 Å². The van der Waals surface area contributed by atoms with Crippen molar-refractivity contribution in [2.45, 2.75) is 50.3 Å². The quantitative estimate of drug-likeness (QED) is 0.876. The highest BCUT2D eigenvalue weighted by molar-refractivity contribution is 5.44. The number of benzene rings is 1. The Morgan fingerprint density at radius 1 is 1.16 bits per heavy atom. The van der Waals surface area contributed by atoms with Gasteiger partial charge in [-0.1, -0.05) is 12.1 Å². The average molecular weight is 259 g/mol. The van der Waals surface area contributed by atoms with Crippen molar-refractivity contribution in [3.63, 3.8) is 0 Å². The number of fused-ring (bicyclic) bond motifs is 1. The molecule has 3 unspecified atom stereocenters. The van der Waals surface area contributed by atoms with Gasteiger partial charge in [-0.3, -0.25) is 0 Å². The first-order valence-corrected chi connectivity index (χ1v) is 7.51. The third kappa shape index (κ3) is 2.05. The Hall–Kier alpha value is -1.06. The molecule has 2 aliphatic carbocycles. The maximum Gasteiger partial charge on any atom is 0.119 e. The number of hydrogen-bond acceptors (Lipinski definition) is 3. The highest BCUT2D eigenvalue weighted by atomic mass is 16.5. The zero-order valence-corrected chi connectivity index (χ0v) is 11.1. The minimum Gasteiger partial charge on any atom is -0.508 e. The highest BCUT2D eigenvalue weighted by Gasteiger charge is 2.41. The SMILES string of the molecule is Oc1cccc2c1CCC2NC1CCOC1C1CC1. The molecule has 102 valence electrons. The lowest BCUT2D eigenvalue weighted by atomic mass is 10.0. The van der Waals surface area contributed by atoms with E-state index in [0.29, 0.717) is 23.9 Å². The van der Waals surface area contributed by atoms with E-state index in [2.05, 4.69) is 11.4 Å². The van der Waals surface area contributed by atoms with Gasteiger partial charge in [0.15, 0.2) is 0 Å². The average Bonchev–Trinajstić information content (AvgIpc) is 3.01. The summed E-state index contributed by atoms with van der Waals surface area (Å²) in [4.78, 5) is 0. The molecule has 4 rings (SSSR count). The van der Waals surface area contributed by atoms with Crippen molar-refractivity contribution in [1.29, 1.82) is 0 Å². The standard InChI is InChI=1S/C16H21NO2/c18-15-3-1-2-11-12(15)6-7-13(11)17-14-8-9-19-16(14)10-4-5-10/h1-3,10,13-14,16-18H,4-9H2. The molecule has 2 fully saturated rings. The van der Waals surface area contributed by atoms with E-state index >= 15 is 0 Å². The summed E-state index contributed by atoms with van der Waals surface area (Å²) in [5.41, 5.74) is 2.43. The summed E-state index contributed by atoms with van der Waals surface area (Å²) in [6.07, 6.45) is 6.32. The summed E-state index contributed by atoms with van der Waals surface area (Å²) in [6.45, 7) is 0.901. The van der Waals surface area contributed by atoms with Gasteiger partial charge >= 0.3 is 0 Å². The van der Waals surface area contributed by atoms with E-state index in [4.69, 9.17) is 4.74 Å². The van der Waals surface area contributed by atoms with E-state index in [0.717, 1.165) is 37.4 Å². The van der Waals surface area contributed by atoms with Crippen molar-refractivity contribution in [3.05, 3.63) is 29.3 Å². The van der Waals surface area contributed by atoms with Crippen LogP contribution in [0.5, 0.6) is 5.75 Å². The van der Waals surface area contributed by atoms with Gasteiger partial charge in [-0.05, 0) is 55.2 Å². The predicted molar refractivity (Wildman–Crippen MR) is 73.2 cm³/mol. The molecule has 3 aliphatic rings. The van der Waals surface area contributed by atoms with Crippen molar-refractivity contribution >= 4 is 0 Å². The highest BCUT2D eigenvalue weighted by Crippen LogP contribution is 2.41. The van der Waals surface area contributed by atoms with Crippen LogP contribution in [0.15, 0.2) is 18.2 Å². The van der Waals surface area contributed by atoms with E-state index in [-0.39, 0.29) is 0 Å². The van der Waals surface area contributed by atoms with Gasteiger partial charge in [-0.25, -0.2) is 0 Å². The molecule has 1 saturated heterocycles. The molecule has 0 aromatic heterocycles. The van der Waals surface area contributed by atoms with Crippen molar-refractivity contribution in [1.82, 2.24) is 5.32 Å². The van der Waals surface area contributed by atoms with Crippen LogP contribution < -0.4 is 5.32 Å². The molecule has 19 heavy (non-hydrogen) atoms. The lowest BCUT2D eigenvalue weighted by molar-refractivity contribution is 0.0788. The van der Waals surface area contributed by atoms with E-state index in [9.17, 15) is 5.11 Å². The molecule has 2 N–H and O–H groups in total. The fraction of sp³-hybridized carbons (Fsp3) is 0.625. The molecule has 0 amide bonds. The Morgan fingerprint density at radius 2 is 2.05 bits per heavy atom. The van der Waals surface area contributed by atoms with Crippen LogP contribution in [0.2, 0.25) is 0 Å². The van der Waals surface area contributed by atoms with Crippen molar-refractivity contribution in [2.75, 3.05) is 6.61 Å². The zero-order valence-electron chi connectivity index (χ0n) is 11.1. The molecule has 1 heterocycles. The number of ether oxygens (including phenoxy) is 1. The number of phenols is 1. The molecular weight excluding hydrogens is 238 g/mol. The van der Waals surface area contributed by atoms with Crippen LogP contribution in [0.25, 0.3) is 0 Å². The summed E-state index contributed by atoms with van der Waals surface area (Å²) in [7, 11) is 0. The normalized spacial score (nSPS) is 33.6. The van der Waals surface area contributed by atoms with Crippen LogP contribution in [0.4, 0.5) is 0 Å². The molecule has 3 atom stereocenters. The van der Waals surface area contributed by atoms with Gasteiger partial charge in [0.2, 0.25) is 0 Å².